The van der Waals surface area contributed by atoms with Gasteiger partial charge in [-0.25, -0.2) is 4.39 Å². The van der Waals surface area contributed by atoms with E-state index in [2.05, 4.69) is 43.5 Å². The van der Waals surface area contributed by atoms with Crippen LogP contribution in [0.5, 0.6) is 0 Å². The molecule has 1 heterocycles. The third-order valence-corrected chi connectivity index (χ3v) is 4.37. The fourth-order valence-electron chi connectivity index (χ4n) is 2.25. The number of halogens is 3. The number of H-pyrrole nitrogens is 1. The molecule has 1 unspecified atom stereocenters. The molecule has 2 aromatic rings. The maximum Gasteiger partial charge on any atom is 0.125 e. The Hall–Kier alpha value is -0.100. The van der Waals surface area contributed by atoms with Gasteiger partial charge in [0, 0.05) is 25.9 Å². The number of aromatic amines is 1. The topological polar surface area (TPSA) is 15.8 Å². The Morgan fingerprint density at radius 2 is 2.20 bits per heavy atom. The Bertz CT molecular complexity index is 549. The summed E-state index contributed by atoms with van der Waals surface area (Å²) < 4.78 is 14.3. The van der Waals surface area contributed by atoms with Gasteiger partial charge >= 0.3 is 0 Å². The van der Waals surface area contributed by atoms with Crippen molar-refractivity contribution in [3.63, 3.8) is 0 Å². The molecule has 0 amide bonds. The number of aromatic nitrogens is 1. The van der Waals surface area contributed by atoms with E-state index in [0.717, 1.165) is 27.3 Å². The Morgan fingerprint density at radius 3 is 3.00 bits per heavy atom. The van der Waals surface area contributed by atoms with Gasteiger partial charge in [0.1, 0.15) is 5.82 Å². The van der Waals surface area contributed by atoms with Gasteiger partial charge in [0.05, 0.1) is 5.52 Å². The molecule has 4 heteroatoms. The van der Waals surface area contributed by atoms with Crippen LogP contribution in [0.3, 0.4) is 0 Å². The lowest BCUT2D eigenvalue weighted by molar-refractivity contribution is 0.628. The summed E-state index contributed by atoms with van der Waals surface area (Å²) in [6.07, 6.45) is 2.01. The maximum absolute atomic E-state index is 13.3. The summed E-state index contributed by atoms with van der Waals surface area (Å²) in [5.74, 6) is -0.147. The van der Waals surface area contributed by atoms with E-state index >= 15 is 0 Å². The van der Waals surface area contributed by atoms with E-state index < -0.39 is 0 Å². The first-order valence-corrected chi connectivity index (χ1v) is 6.77. The first kappa shape index (κ1) is 10.1. The molecule has 15 heavy (non-hydrogen) atoms. The Balaban J connectivity index is 2.34. The number of alkyl halides is 1. The van der Waals surface area contributed by atoms with Crippen LogP contribution in [0.1, 0.15) is 11.3 Å². The molecule has 1 aliphatic rings. The predicted molar refractivity (Wildman–Crippen MR) is 71.1 cm³/mol. The van der Waals surface area contributed by atoms with E-state index in [4.69, 9.17) is 0 Å². The van der Waals surface area contributed by atoms with Gasteiger partial charge in [0.2, 0.25) is 0 Å². The van der Waals surface area contributed by atoms with Crippen molar-refractivity contribution < 1.29 is 4.39 Å². The highest BCUT2D eigenvalue weighted by Crippen LogP contribution is 2.35. The minimum Gasteiger partial charge on any atom is -0.357 e. The van der Waals surface area contributed by atoms with Crippen LogP contribution in [0.2, 0.25) is 0 Å². The zero-order valence-electron chi connectivity index (χ0n) is 7.78. The predicted octanol–water partition coefficient (Wildman–Crippen LogP) is 3.77. The van der Waals surface area contributed by atoms with Crippen molar-refractivity contribution in [3.05, 3.63) is 32.8 Å². The van der Waals surface area contributed by atoms with Crippen molar-refractivity contribution >= 4 is 49.4 Å². The molecular formula is C11H8BrFIN. The maximum atomic E-state index is 13.3. The summed E-state index contributed by atoms with van der Waals surface area (Å²) >= 11 is 5.78. The standard InChI is InChI=1S/C11H8BrFIN/c12-5-1-7-8-3-6(13)4-9(14)11(8)15-10(7)2-5/h3-5,15H,1-2H2. The van der Waals surface area contributed by atoms with Gasteiger partial charge in [-0.2, -0.15) is 0 Å². The quantitative estimate of drug-likeness (QED) is 0.529. The van der Waals surface area contributed by atoms with Crippen molar-refractivity contribution in [2.75, 3.05) is 0 Å². The molecule has 1 aromatic heterocycles. The third kappa shape index (κ3) is 1.53. The molecule has 1 aromatic carbocycles. The number of benzene rings is 1. The van der Waals surface area contributed by atoms with Gasteiger partial charge in [0.15, 0.2) is 0 Å². The lowest BCUT2D eigenvalue weighted by atomic mass is 10.1. The smallest absolute Gasteiger partial charge is 0.125 e. The number of rotatable bonds is 0. The second-order valence-corrected chi connectivity index (χ2v) is 6.35. The van der Waals surface area contributed by atoms with Crippen molar-refractivity contribution in [1.29, 1.82) is 0 Å². The highest BCUT2D eigenvalue weighted by atomic mass is 127. The van der Waals surface area contributed by atoms with Crippen LogP contribution in [-0.4, -0.2) is 9.81 Å². The molecular weight excluding hydrogens is 372 g/mol. The number of hydrogen-bond donors (Lipinski definition) is 1. The van der Waals surface area contributed by atoms with Crippen LogP contribution in [-0.2, 0) is 12.8 Å². The zero-order chi connectivity index (χ0) is 10.6. The van der Waals surface area contributed by atoms with E-state index in [1.807, 2.05) is 0 Å². The van der Waals surface area contributed by atoms with Crippen LogP contribution in [0, 0.1) is 9.39 Å². The summed E-state index contributed by atoms with van der Waals surface area (Å²) in [7, 11) is 0. The molecule has 0 aliphatic heterocycles. The average Bonchev–Trinajstić information content (AvgIpc) is 2.63. The summed E-state index contributed by atoms with van der Waals surface area (Å²) in [6.45, 7) is 0. The summed E-state index contributed by atoms with van der Waals surface area (Å²) in [6, 6.07) is 3.21. The minimum absolute atomic E-state index is 0.147. The van der Waals surface area contributed by atoms with Gasteiger partial charge in [-0.1, -0.05) is 15.9 Å². The minimum atomic E-state index is -0.147. The van der Waals surface area contributed by atoms with Crippen LogP contribution in [0.25, 0.3) is 10.9 Å². The second-order valence-electron chi connectivity index (χ2n) is 3.90. The van der Waals surface area contributed by atoms with Gasteiger partial charge in [-0.3, -0.25) is 0 Å². The normalized spacial score (nSPS) is 19.8. The molecule has 0 bridgehead atoms. The molecule has 0 fully saturated rings. The monoisotopic (exact) mass is 379 g/mol. The van der Waals surface area contributed by atoms with Crippen LogP contribution >= 0.6 is 38.5 Å². The van der Waals surface area contributed by atoms with E-state index in [9.17, 15) is 4.39 Å². The fraction of sp³-hybridized carbons (Fsp3) is 0.273. The lowest BCUT2D eigenvalue weighted by Crippen LogP contribution is -1.96. The molecule has 3 rings (SSSR count). The first-order valence-electron chi connectivity index (χ1n) is 4.77. The zero-order valence-corrected chi connectivity index (χ0v) is 11.5. The van der Waals surface area contributed by atoms with E-state index in [1.54, 1.807) is 12.1 Å². The second kappa shape index (κ2) is 3.45. The van der Waals surface area contributed by atoms with Crippen LogP contribution < -0.4 is 0 Å². The number of hydrogen-bond acceptors (Lipinski definition) is 0. The number of nitrogens with one attached hydrogen (secondary N) is 1. The summed E-state index contributed by atoms with van der Waals surface area (Å²) in [4.78, 5) is 3.90. The molecule has 0 saturated heterocycles. The molecule has 1 nitrogen and oxygen atoms in total. The molecule has 0 radical (unpaired) electrons. The van der Waals surface area contributed by atoms with Crippen LogP contribution in [0.4, 0.5) is 4.39 Å². The lowest BCUT2D eigenvalue weighted by Gasteiger charge is -2.00. The van der Waals surface area contributed by atoms with Crippen molar-refractivity contribution in [2.45, 2.75) is 17.7 Å². The largest absolute Gasteiger partial charge is 0.357 e. The highest BCUT2D eigenvalue weighted by molar-refractivity contribution is 14.1. The Kier molecular flexibility index (Phi) is 2.32. The van der Waals surface area contributed by atoms with Crippen molar-refractivity contribution in [3.8, 4) is 0 Å². The molecule has 1 atom stereocenters. The number of fused-ring (bicyclic) bond motifs is 3. The molecule has 1 N–H and O–H groups in total. The molecule has 1 aliphatic carbocycles. The summed E-state index contributed by atoms with van der Waals surface area (Å²) in [5, 5.41) is 1.05. The Labute approximate surface area is 109 Å². The fourth-order valence-corrected chi connectivity index (χ4v) is 3.62. The highest BCUT2D eigenvalue weighted by Gasteiger charge is 2.24. The Morgan fingerprint density at radius 1 is 1.40 bits per heavy atom. The first-order chi connectivity index (χ1) is 7.15. The summed E-state index contributed by atoms with van der Waals surface area (Å²) in [5.41, 5.74) is 3.63. The third-order valence-electron chi connectivity index (χ3n) is 2.87. The average molecular weight is 380 g/mol. The molecule has 0 spiro atoms. The van der Waals surface area contributed by atoms with E-state index in [-0.39, 0.29) is 5.82 Å². The van der Waals surface area contributed by atoms with Gasteiger partial charge in [-0.05, 0) is 46.7 Å². The van der Waals surface area contributed by atoms with E-state index in [1.165, 1.54) is 11.3 Å². The van der Waals surface area contributed by atoms with Crippen LogP contribution in [0.15, 0.2) is 12.1 Å². The molecule has 78 valence electrons. The van der Waals surface area contributed by atoms with Gasteiger partial charge in [-0.15, -0.1) is 0 Å². The van der Waals surface area contributed by atoms with Crippen molar-refractivity contribution in [2.24, 2.45) is 0 Å². The van der Waals surface area contributed by atoms with Gasteiger partial charge in [0.25, 0.3) is 0 Å². The SMILES string of the molecule is Fc1cc(I)c2[nH]c3c(c2c1)CC(Br)C3. The van der Waals surface area contributed by atoms with Gasteiger partial charge < -0.3 is 4.98 Å². The van der Waals surface area contributed by atoms with Crippen molar-refractivity contribution in [1.82, 2.24) is 4.98 Å². The molecule has 0 saturated carbocycles. The van der Waals surface area contributed by atoms with E-state index in [0.29, 0.717) is 4.83 Å².